The molecule has 124 valence electrons. The molecule has 0 saturated heterocycles. The minimum absolute atomic E-state index is 0.399. The van der Waals surface area contributed by atoms with E-state index in [4.69, 9.17) is 0 Å². The normalized spacial score (nSPS) is 21.4. The van der Waals surface area contributed by atoms with Gasteiger partial charge < -0.3 is 0 Å². The van der Waals surface area contributed by atoms with Crippen LogP contribution in [0.2, 0.25) is 0 Å². The topological polar surface area (TPSA) is 15.3 Å². The molecule has 0 aromatic heterocycles. The number of benzene rings is 1. The lowest BCUT2D eigenvalue weighted by Crippen LogP contribution is -2.36. The van der Waals surface area contributed by atoms with Crippen LogP contribution in [0.15, 0.2) is 18.2 Å². The van der Waals surface area contributed by atoms with Gasteiger partial charge in [-0.1, -0.05) is 30.4 Å². The zero-order chi connectivity index (χ0) is 16.6. The molecule has 1 aromatic rings. The monoisotopic (exact) mass is 310 g/mol. The first-order chi connectivity index (χ1) is 11.0. The van der Waals surface area contributed by atoms with E-state index in [1.165, 1.54) is 65.5 Å². The van der Waals surface area contributed by atoms with Crippen molar-refractivity contribution in [1.82, 2.24) is 10.4 Å². The lowest BCUT2D eigenvalue weighted by molar-refractivity contribution is 0.228. The van der Waals surface area contributed by atoms with Gasteiger partial charge in [0.2, 0.25) is 0 Å². The summed E-state index contributed by atoms with van der Waals surface area (Å²) < 4.78 is 0. The smallest absolute Gasteiger partial charge is 0.0473 e. The molecule has 1 saturated carbocycles. The molecule has 0 amide bonds. The number of rotatable bonds is 5. The van der Waals surface area contributed by atoms with Crippen LogP contribution in [-0.2, 0) is 6.42 Å². The highest BCUT2D eigenvalue weighted by Crippen LogP contribution is 2.40. The Labute approximate surface area is 141 Å². The quantitative estimate of drug-likeness (QED) is 0.779. The van der Waals surface area contributed by atoms with Gasteiger partial charge in [0.15, 0.2) is 0 Å². The van der Waals surface area contributed by atoms with Crippen molar-refractivity contribution in [1.29, 1.82) is 0 Å². The largest absolute Gasteiger partial charge is 0.250 e. The number of allylic oxidation sites excluding steroid dienone is 1. The molecule has 2 heteroatoms. The lowest BCUT2D eigenvalue weighted by atomic mass is 9.80. The van der Waals surface area contributed by atoms with E-state index in [9.17, 15) is 0 Å². The Morgan fingerprint density at radius 3 is 2.61 bits per heavy atom. The van der Waals surface area contributed by atoms with Gasteiger partial charge in [0, 0.05) is 20.1 Å². The molecule has 3 rings (SSSR count). The first-order valence-corrected chi connectivity index (χ1v) is 8.91. The van der Waals surface area contributed by atoms with Crippen LogP contribution in [0, 0.1) is 12.8 Å². The van der Waals surface area contributed by atoms with Crippen molar-refractivity contribution in [3.63, 3.8) is 0 Å². The van der Waals surface area contributed by atoms with E-state index >= 15 is 0 Å². The van der Waals surface area contributed by atoms with E-state index in [1.807, 2.05) is 0 Å². The summed E-state index contributed by atoms with van der Waals surface area (Å²) in [7, 11) is 4.15. The Morgan fingerprint density at radius 1 is 1.26 bits per heavy atom. The van der Waals surface area contributed by atoms with Crippen molar-refractivity contribution in [3.05, 3.63) is 46.0 Å². The third-order valence-corrected chi connectivity index (χ3v) is 5.24. The highest BCUT2D eigenvalue weighted by Gasteiger charge is 2.26. The number of nitrogens with one attached hydrogen (secondary N) is 1. The van der Waals surface area contributed by atoms with Crippen molar-refractivity contribution < 1.29 is 0 Å². The average Bonchev–Trinajstić information content (AvgIpc) is 3.32. The number of hydrogen-bond donors (Lipinski definition) is 1. The predicted molar refractivity (Wildman–Crippen MR) is 100 cm³/mol. The predicted octanol–water partition coefficient (Wildman–Crippen LogP) is 4.89. The van der Waals surface area contributed by atoms with Crippen LogP contribution in [0.3, 0.4) is 0 Å². The number of hydrogen-bond acceptors (Lipinski definition) is 2. The van der Waals surface area contributed by atoms with Gasteiger partial charge in [0.05, 0.1) is 0 Å². The van der Waals surface area contributed by atoms with Gasteiger partial charge in [-0.3, -0.25) is 5.01 Å². The van der Waals surface area contributed by atoms with Crippen molar-refractivity contribution in [2.24, 2.45) is 5.92 Å². The molecule has 2 aliphatic rings. The summed E-state index contributed by atoms with van der Waals surface area (Å²) in [5.74, 6) is 0.818. The van der Waals surface area contributed by atoms with Crippen LogP contribution in [0.4, 0.5) is 0 Å². The van der Waals surface area contributed by atoms with E-state index in [2.05, 4.69) is 63.2 Å². The number of hydrazine groups is 1. The molecule has 0 spiro atoms. The molecule has 0 radical (unpaired) electrons. The molecule has 1 aromatic carbocycles. The highest BCUT2D eigenvalue weighted by molar-refractivity contribution is 5.73. The molecule has 1 atom stereocenters. The maximum Gasteiger partial charge on any atom is 0.0473 e. The van der Waals surface area contributed by atoms with Crippen molar-refractivity contribution in [3.8, 4) is 0 Å². The van der Waals surface area contributed by atoms with Gasteiger partial charge in [-0.05, 0) is 79.7 Å². The SMILES string of the molecule is C=Cc1c(/C=C(\C)C2CC2)c(C)cc2c1C(NN(C)C)CCC2. The fraction of sp³-hybridized carbons (Fsp3) is 0.524. The lowest BCUT2D eigenvalue weighted by Gasteiger charge is -2.32. The first-order valence-electron chi connectivity index (χ1n) is 8.91. The number of nitrogens with zero attached hydrogens (tertiary/aromatic N) is 1. The molecular formula is C21H30N2. The molecule has 2 aliphatic carbocycles. The Bertz CT molecular complexity index is 636. The van der Waals surface area contributed by atoms with Gasteiger partial charge in [-0.15, -0.1) is 0 Å². The Kier molecular flexibility index (Phi) is 4.74. The average molecular weight is 310 g/mol. The van der Waals surface area contributed by atoms with E-state index in [1.54, 1.807) is 0 Å². The molecule has 0 aliphatic heterocycles. The molecule has 2 nitrogen and oxygen atoms in total. The second kappa shape index (κ2) is 6.62. The number of aryl methyl sites for hydroxylation is 2. The van der Waals surface area contributed by atoms with Crippen molar-refractivity contribution >= 4 is 12.2 Å². The fourth-order valence-electron chi connectivity index (χ4n) is 3.94. The molecule has 1 unspecified atom stereocenters. The van der Waals surface area contributed by atoms with Crippen LogP contribution >= 0.6 is 0 Å². The number of fused-ring (bicyclic) bond motifs is 1. The standard InChI is InChI=1S/C21H30N2/c1-6-18-19(13-14(2)16-10-11-16)15(3)12-17-8-7-9-20(21(17)18)22-23(4)5/h6,12-13,16,20,22H,1,7-11H2,2-5H3/b14-13+. The minimum Gasteiger partial charge on any atom is -0.250 e. The van der Waals surface area contributed by atoms with E-state index < -0.39 is 0 Å². The maximum absolute atomic E-state index is 4.15. The van der Waals surface area contributed by atoms with Gasteiger partial charge in [-0.25, -0.2) is 5.43 Å². The van der Waals surface area contributed by atoms with E-state index in [0.29, 0.717) is 6.04 Å². The van der Waals surface area contributed by atoms with Crippen molar-refractivity contribution in [2.45, 2.75) is 52.0 Å². The summed E-state index contributed by atoms with van der Waals surface area (Å²) in [6.45, 7) is 8.69. The van der Waals surface area contributed by atoms with Crippen LogP contribution in [0.5, 0.6) is 0 Å². The molecule has 0 heterocycles. The Morgan fingerprint density at radius 2 is 2.00 bits per heavy atom. The van der Waals surface area contributed by atoms with Crippen LogP contribution in [0.1, 0.15) is 66.5 Å². The highest BCUT2D eigenvalue weighted by atomic mass is 15.5. The second-order valence-corrected chi connectivity index (χ2v) is 7.43. The van der Waals surface area contributed by atoms with Crippen LogP contribution in [-0.4, -0.2) is 19.1 Å². The minimum atomic E-state index is 0.399. The fourth-order valence-corrected chi connectivity index (χ4v) is 3.94. The molecule has 1 fully saturated rings. The third-order valence-electron chi connectivity index (χ3n) is 5.24. The molecule has 23 heavy (non-hydrogen) atoms. The van der Waals surface area contributed by atoms with E-state index in [-0.39, 0.29) is 0 Å². The molecule has 1 N–H and O–H groups in total. The van der Waals surface area contributed by atoms with Gasteiger partial charge in [-0.2, -0.15) is 0 Å². The summed E-state index contributed by atoms with van der Waals surface area (Å²) in [4.78, 5) is 0. The molecule has 0 bridgehead atoms. The van der Waals surface area contributed by atoms with E-state index in [0.717, 1.165) is 5.92 Å². The van der Waals surface area contributed by atoms with Crippen LogP contribution < -0.4 is 5.43 Å². The first kappa shape index (κ1) is 16.5. The molecular weight excluding hydrogens is 280 g/mol. The summed E-state index contributed by atoms with van der Waals surface area (Å²) in [6, 6.07) is 2.81. The zero-order valence-electron chi connectivity index (χ0n) is 15.1. The van der Waals surface area contributed by atoms with Gasteiger partial charge in [0.1, 0.15) is 0 Å². The summed E-state index contributed by atoms with van der Waals surface area (Å²) in [5, 5.41) is 2.08. The zero-order valence-corrected chi connectivity index (χ0v) is 15.1. The Balaban J connectivity index is 2.10. The second-order valence-electron chi connectivity index (χ2n) is 7.43. The third kappa shape index (κ3) is 3.44. The maximum atomic E-state index is 4.15. The Hall–Kier alpha value is -1.38. The van der Waals surface area contributed by atoms with Gasteiger partial charge >= 0.3 is 0 Å². The van der Waals surface area contributed by atoms with Crippen molar-refractivity contribution in [2.75, 3.05) is 14.1 Å². The summed E-state index contributed by atoms with van der Waals surface area (Å²) in [6.07, 6.45) is 10.9. The van der Waals surface area contributed by atoms with Gasteiger partial charge in [0.25, 0.3) is 0 Å². The summed E-state index contributed by atoms with van der Waals surface area (Å²) in [5.41, 5.74) is 12.2. The summed E-state index contributed by atoms with van der Waals surface area (Å²) >= 11 is 0. The van der Waals surface area contributed by atoms with Crippen LogP contribution in [0.25, 0.3) is 12.2 Å².